The molecule has 2 rings (SSSR count). The van der Waals surface area contributed by atoms with Crippen molar-refractivity contribution in [2.75, 3.05) is 11.9 Å². The smallest absolute Gasteiger partial charge is 0.347 e. The first-order chi connectivity index (χ1) is 12.3. The van der Waals surface area contributed by atoms with E-state index >= 15 is 0 Å². The van der Waals surface area contributed by atoms with Gasteiger partial charge in [0.25, 0.3) is 5.91 Å². The maximum Gasteiger partial charge on any atom is 0.347 e. The van der Waals surface area contributed by atoms with Crippen LogP contribution < -0.4 is 10.1 Å². The fourth-order valence-corrected chi connectivity index (χ4v) is 2.75. The Hall–Kier alpha value is -2.82. The van der Waals surface area contributed by atoms with Gasteiger partial charge in [-0.2, -0.15) is 0 Å². The zero-order chi connectivity index (χ0) is 19.3. The molecule has 0 aliphatic heterocycles. The number of carbonyl (C=O) groups excluding carboxylic acids is 2. The summed E-state index contributed by atoms with van der Waals surface area (Å²) in [6, 6.07) is 11.4. The standard InChI is InChI=1S/C21H25NO4/c1-13-7-6-8-18(11-13)26-17(5)21(24)25-12-19(23)22-20-15(3)9-14(2)10-16(20)4/h6-11,17H,12H2,1-5H3,(H,22,23)/t17-/m1/s1. The van der Waals surface area contributed by atoms with Crippen molar-refractivity contribution in [1.82, 2.24) is 0 Å². The van der Waals surface area contributed by atoms with E-state index in [0.717, 1.165) is 27.9 Å². The summed E-state index contributed by atoms with van der Waals surface area (Å²) < 4.78 is 10.6. The number of carbonyl (C=O) groups is 2. The third-order valence-corrected chi connectivity index (χ3v) is 3.92. The zero-order valence-electron chi connectivity index (χ0n) is 15.9. The van der Waals surface area contributed by atoms with Crippen molar-refractivity contribution in [3.8, 4) is 5.75 Å². The minimum Gasteiger partial charge on any atom is -0.479 e. The van der Waals surface area contributed by atoms with Gasteiger partial charge in [0.1, 0.15) is 5.75 Å². The van der Waals surface area contributed by atoms with E-state index in [0.29, 0.717) is 5.75 Å². The summed E-state index contributed by atoms with van der Waals surface area (Å²) in [4.78, 5) is 24.1. The van der Waals surface area contributed by atoms with Crippen LogP contribution >= 0.6 is 0 Å². The molecule has 0 aromatic heterocycles. The third-order valence-electron chi connectivity index (χ3n) is 3.92. The average molecular weight is 355 g/mol. The van der Waals surface area contributed by atoms with Crippen molar-refractivity contribution < 1.29 is 19.1 Å². The fourth-order valence-electron chi connectivity index (χ4n) is 2.75. The molecule has 0 fully saturated rings. The third kappa shape index (κ3) is 5.34. The Morgan fingerprint density at radius 2 is 1.65 bits per heavy atom. The first-order valence-electron chi connectivity index (χ1n) is 8.54. The van der Waals surface area contributed by atoms with Crippen LogP contribution in [0.5, 0.6) is 5.75 Å². The van der Waals surface area contributed by atoms with Crippen molar-refractivity contribution in [2.45, 2.75) is 40.7 Å². The number of amides is 1. The molecule has 2 aromatic carbocycles. The highest BCUT2D eigenvalue weighted by molar-refractivity contribution is 5.94. The van der Waals surface area contributed by atoms with Crippen LogP contribution in [0.25, 0.3) is 0 Å². The van der Waals surface area contributed by atoms with E-state index in [-0.39, 0.29) is 12.5 Å². The number of rotatable bonds is 6. The molecule has 0 bridgehead atoms. The van der Waals surface area contributed by atoms with E-state index in [1.165, 1.54) is 0 Å². The minimum atomic E-state index is -0.799. The summed E-state index contributed by atoms with van der Waals surface area (Å²) in [5.74, 6) is -0.375. The molecule has 0 aliphatic rings. The van der Waals surface area contributed by atoms with E-state index in [4.69, 9.17) is 9.47 Å². The number of anilines is 1. The lowest BCUT2D eigenvalue weighted by atomic mass is 10.1. The Morgan fingerprint density at radius 1 is 1.00 bits per heavy atom. The number of benzene rings is 2. The van der Waals surface area contributed by atoms with Crippen LogP contribution in [0.1, 0.15) is 29.2 Å². The van der Waals surface area contributed by atoms with Crippen LogP contribution in [-0.2, 0) is 14.3 Å². The molecular weight excluding hydrogens is 330 g/mol. The van der Waals surface area contributed by atoms with Crippen LogP contribution in [0.3, 0.4) is 0 Å². The Kier molecular flexibility index (Phi) is 6.39. The van der Waals surface area contributed by atoms with Gasteiger partial charge in [-0.25, -0.2) is 4.79 Å². The quantitative estimate of drug-likeness (QED) is 0.799. The molecule has 0 saturated carbocycles. The summed E-state index contributed by atoms with van der Waals surface area (Å²) in [6.07, 6.45) is -0.799. The van der Waals surface area contributed by atoms with Crippen molar-refractivity contribution in [3.05, 3.63) is 58.7 Å². The molecule has 1 N–H and O–H groups in total. The Bertz CT molecular complexity index is 790. The molecule has 0 spiro atoms. The first-order valence-corrected chi connectivity index (χ1v) is 8.54. The van der Waals surface area contributed by atoms with Gasteiger partial charge in [-0.3, -0.25) is 4.79 Å². The molecule has 0 radical (unpaired) electrons. The summed E-state index contributed by atoms with van der Waals surface area (Å²) in [6.45, 7) is 9.04. The molecule has 0 unspecified atom stereocenters. The second kappa shape index (κ2) is 8.52. The predicted octanol–water partition coefficient (Wildman–Crippen LogP) is 3.87. The number of aryl methyl sites for hydroxylation is 4. The summed E-state index contributed by atoms with van der Waals surface area (Å²) in [5.41, 5.74) is 4.86. The molecule has 2 aromatic rings. The summed E-state index contributed by atoms with van der Waals surface area (Å²) in [5, 5.41) is 2.80. The molecule has 0 saturated heterocycles. The van der Waals surface area contributed by atoms with E-state index in [9.17, 15) is 9.59 Å². The predicted molar refractivity (Wildman–Crippen MR) is 102 cm³/mol. The van der Waals surface area contributed by atoms with Gasteiger partial charge < -0.3 is 14.8 Å². The van der Waals surface area contributed by atoms with E-state index in [1.807, 2.05) is 58.0 Å². The lowest BCUT2D eigenvalue weighted by Crippen LogP contribution is -2.30. The Morgan fingerprint density at radius 3 is 2.27 bits per heavy atom. The fraction of sp³-hybridized carbons (Fsp3) is 0.333. The van der Waals surface area contributed by atoms with Crippen LogP contribution in [0.2, 0.25) is 0 Å². The molecule has 0 aliphatic carbocycles. The van der Waals surface area contributed by atoms with Gasteiger partial charge in [0, 0.05) is 5.69 Å². The molecule has 0 heterocycles. The van der Waals surface area contributed by atoms with Crippen LogP contribution in [0.4, 0.5) is 5.69 Å². The number of ether oxygens (including phenoxy) is 2. The van der Waals surface area contributed by atoms with Crippen molar-refractivity contribution in [1.29, 1.82) is 0 Å². The number of hydrogen-bond acceptors (Lipinski definition) is 4. The van der Waals surface area contributed by atoms with Gasteiger partial charge in [-0.1, -0.05) is 29.8 Å². The van der Waals surface area contributed by atoms with Gasteiger partial charge >= 0.3 is 5.97 Å². The van der Waals surface area contributed by atoms with Crippen molar-refractivity contribution in [3.63, 3.8) is 0 Å². The highest BCUT2D eigenvalue weighted by Crippen LogP contribution is 2.21. The van der Waals surface area contributed by atoms with Crippen LogP contribution in [0, 0.1) is 27.7 Å². The topological polar surface area (TPSA) is 64.6 Å². The molecule has 5 nitrogen and oxygen atoms in total. The first kappa shape index (κ1) is 19.5. The van der Waals surface area contributed by atoms with Crippen molar-refractivity contribution >= 4 is 17.6 Å². The van der Waals surface area contributed by atoms with Gasteiger partial charge in [-0.15, -0.1) is 0 Å². The van der Waals surface area contributed by atoms with Gasteiger partial charge in [0.2, 0.25) is 0 Å². The van der Waals surface area contributed by atoms with E-state index in [1.54, 1.807) is 13.0 Å². The lowest BCUT2D eigenvalue weighted by molar-refractivity contribution is -0.153. The maximum absolute atomic E-state index is 12.1. The molecule has 26 heavy (non-hydrogen) atoms. The monoisotopic (exact) mass is 355 g/mol. The second-order valence-corrected chi connectivity index (χ2v) is 6.51. The van der Waals surface area contributed by atoms with Gasteiger partial charge in [-0.05, 0) is 63.4 Å². The van der Waals surface area contributed by atoms with Crippen LogP contribution in [0.15, 0.2) is 36.4 Å². The Balaban J connectivity index is 1.87. The highest BCUT2D eigenvalue weighted by atomic mass is 16.6. The normalized spacial score (nSPS) is 11.6. The van der Waals surface area contributed by atoms with Gasteiger partial charge in [0.15, 0.2) is 12.7 Å². The number of nitrogens with one attached hydrogen (secondary N) is 1. The summed E-state index contributed by atoms with van der Waals surface area (Å²) >= 11 is 0. The van der Waals surface area contributed by atoms with E-state index in [2.05, 4.69) is 5.32 Å². The largest absolute Gasteiger partial charge is 0.479 e. The average Bonchev–Trinajstić information content (AvgIpc) is 2.55. The van der Waals surface area contributed by atoms with Crippen LogP contribution in [-0.4, -0.2) is 24.6 Å². The van der Waals surface area contributed by atoms with E-state index < -0.39 is 12.1 Å². The lowest BCUT2D eigenvalue weighted by Gasteiger charge is -2.15. The maximum atomic E-state index is 12.1. The zero-order valence-corrected chi connectivity index (χ0v) is 15.9. The summed E-state index contributed by atoms with van der Waals surface area (Å²) in [7, 11) is 0. The molecule has 1 atom stereocenters. The van der Waals surface area contributed by atoms with Crippen molar-refractivity contribution in [2.24, 2.45) is 0 Å². The number of esters is 1. The molecule has 1 amide bonds. The highest BCUT2D eigenvalue weighted by Gasteiger charge is 2.18. The second-order valence-electron chi connectivity index (χ2n) is 6.51. The van der Waals surface area contributed by atoms with Gasteiger partial charge in [0.05, 0.1) is 0 Å². The molecular formula is C21H25NO4. The Labute approximate surface area is 154 Å². The molecule has 5 heteroatoms. The SMILES string of the molecule is Cc1cccc(O[C@H](C)C(=O)OCC(=O)Nc2c(C)cc(C)cc2C)c1. The molecule has 138 valence electrons. The number of hydrogen-bond donors (Lipinski definition) is 1. The minimum absolute atomic E-state index is 0.354.